The average molecular weight is 498 g/mol. The van der Waals surface area contributed by atoms with Crippen LogP contribution < -0.4 is 0 Å². The lowest BCUT2D eigenvalue weighted by atomic mass is 9.97. The third-order valence-corrected chi connectivity index (χ3v) is 6.66. The van der Waals surface area contributed by atoms with Crippen LogP contribution in [0.4, 0.5) is 0 Å². The van der Waals surface area contributed by atoms with E-state index in [0.29, 0.717) is 0 Å². The Morgan fingerprint density at radius 1 is 0.650 bits per heavy atom. The smallest absolute Gasteiger partial charge is 0.0266 e. The van der Waals surface area contributed by atoms with Gasteiger partial charge in [0.15, 0.2) is 0 Å². The van der Waals surface area contributed by atoms with Gasteiger partial charge in [0, 0.05) is 7.14 Å². The fourth-order valence-corrected chi connectivity index (χ4v) is 3.64. The van der Waals surface area contributed by atoms with E-state index in [1.807, 2.05) is 0 Å². The van der Waals surface area contributed by atoms with Gasteiger partial charge in [0.2, 0.25) is 0 Å². The Hall–Kier alpha value is 0.680. The van der Waals surface area contributed by atoms with Crippen molar-refractivity contribution in [2.75, 3.05) is 0 Å². The van der Waals surface area contributed by atoms with Crippen molar-refractivity contribution >= 4 is 45.2 Å². The third-order valence-electron chi connectivity index (χ3n) is 3.84. The highest BCUT2D eigenvalue weighted by atomic mass is 127. The molecule has 0 spiro atoms. The first-order chi connectivity index (χ1) is 9.69. The highest BCUT2D eigenvalue weighted by molar-refractivity contribution is 14.1. The first-order valence-corrected chi connectivity index (χ1v) is 10.3. The number of rotatable bonds is 10. The highest BCUT2D eigenvalue weighted by Gasteiger charge is 2.07. The second kappa shape index (κ2) is 11.3. The molecule has 0 aromatic heterocycles. The van der Waals surface area contributed by atoms with Crippen molar-refractivity contribution in [3.8, 4) is 0 Å². The molecule has 0 fully saturated rings. The monoisotopic (exact) mass is 498 g/mol. The number of aryl methyl sites for hydroxylation is 2. The molecule has 0 bridgehead atoms. The van der Waals surface area contributed by atoms with E-state index < -0.39 is 0 Å². The number of hydrogen-bond donors (Lipinski definition) is 0. The molecule has 0 N–H and O–H groups in total. The molecular weight excluding hydrogens is 470 g/mol. The number of benzene rings is 1. The molecule has 0 heterocycles. The van der Waals surface area contributed by atoms with Crippen LogP contribution >= 0.6 is 45.2 Å². The fourth-order valence-electron chi connectivity index (χ4n) is 2.58. The summed E-state index contributed by atoms with van der Waals surface area (Å²) in [4.78, 5) is 0. The van der Waals surface area contributed by atoms with E-state index in [9.17, 15) is 0 Å². The van der Waals surface area contributed by atoms with Crippen LogP contribution in [0.5, 0.6) is 0 Å². The van der Waals surface area contributed by atoms with Crippen LogP contribution in [0.15, 0.2) is 12.1 Å². The minimum Gasteiger partial charge on any atom is -0.0654 e. The zero-order valence-corrected chi connectivity index (χ0v) is 17.3. The maximum absolute atomic E-state index is 2.48. The summed E-state index contributed by atoms with van der Waals surface area (Å²) in [5, 5.41) is 0. The topological polar surface area (TPSA) is 0 Å². The van der Waals surface area contributed by atoms with Crippen LogP contribution in [0.25, 0.3) is 0 Å². The van der Waals surface area contributed by atoms with Crippen LogP contribution in [0.1, 0.15) is 76.3 Å². The van der Waals surface area contributed by atoms with Gasteiger partial charge in [-0.25, -0.2) is 0 Å². The molecule has 2 heteroatoms. The van der Waals surface area contributed by atoms with Gasteiger partial charge >= 0.3 is 0 Å². The maximum Gasteiger partial charge on any atom is 0.0266 e. The summed E-state index contributed by atoms with van der Waals surface area (Å²) >= 11 is 4.96. The van der Waals surface area contributed by atoms with Gasteiger partial charge in [0.25, 0.3) is 0 Å². The van der Waals surface area contributed by atoms with Crippen molar-refractivity contribution in [2.24, 2.45) is 0 Å². The van der Waals surface area contributed by atoms with Crippen molar-refractivity contribution in [1.29, 1.82) is 0 Å². The minimum atomic E-state index is 1.27. The first-order valence-electron chi connectivity index (χ1n) is 8.15. The van der Waals surface area contributed by atoms with Crippen LogP contribution in [0.2, 0.25) is 0 Å². The Balaban J connectivity index is 2.61. The number of unbranched alkanes of at least 4 members (excludes halogenated alkanes) is 6. The normalized spacial score (nSPS) is 11.0. The van der Waals surface area contributed by atoms with E-state index >= 15 is 0 Å². The van der Waals surface area contributed by atoms with Gasteiger partial charge in [0.1, 0.15) is 0 Å². The minimum absolute atomic E-state index is 1.27. The second-order valence-corrected chi connectivity index (χ2v) is 7.98. The van der Waals surface area contributed by atoms with E-state index in [0.717, 1.165) is 0 Å². The molecule has 114 valence electrons. The van der Waals surface area contributed by atoms with Crippen molar-refractivity contribution in [1.82, 2.24) is 0 Å². The molecule has 20 heavy (non-hydrogen) atoms. The van der Waals surface area contributed by atoms with Crippen molar-refractivity contribution in [3.05, 3.63) is 30.4 Å². The Morgan fingerprint density at radius 3 is 1.40 bits per heavy atom. The molecule has 0 atom stereocenters. The quantitative estimate of drug-likeness (QED) is 0.238. The standard InChI is InChI=1S/C18H28I2/c1-3-5-7-9-11-15-13-17(19)18(20)14-16(15)12-10-8-6-4-2/h13-14H,3-12H2,1-2H3. The summed E-state index contributed by atoms with van der Waals surface area (Å²) < 4.78 is 2.84. The Morgan fingerprint density at radius 2 is 1.05 bits per heavy atom. The largest absolute Gasteiger partial charge is 0.0654 e. The van der Waals surface area contributed by atoms with E-state index in [4.69, 9.17) is 0 Å². The molecule has 0 aliphatic heterocycles. The number of halogens is 2. The van der Waals surface area contributed by atoms with E-state index in [2.05, 4.69) is 71.2 Å². The van der Waals surface area contributed by atoms with Gasteiger partial charge in [-0.1, -0.05) is 52.4 Å². The van der Waals surface area contributed by atoms with Crippen LogP contribution in [0, 0.1) is 7.14 Å². The lowest BCUT2D eigenvalue weighted by molar-refractivity contribution is 0.650. The molecule has 0 unspecified atom stereocenters. The van der Waals surface area contributed by atoms with Gasteiger partial charge in [-0.05, 0) is 94.1 Å². The SMILES string of the molecule is CCCCCCc1cc(I)c(I)cc1CCCCCC. The molecule has 0 nitrogen and oxygen atoms in total. The first kappa shape index (κ1) is 18.7. The van der Waals surface area contributed by atoms with E-state index in [1.54, 1.807) is 11.1 Å². The average Bonchev–Trinajstić information content (AvgIpc) is 2.44. The van der Waals surface area contributed by atoms with Gasteiger partial charge in [-0.2, -0.15) is 0 Å². The van der Waals surface area contributed by atoms with Crippen molar-refractivity contribution in [2.45, 2.75) is 78.1 Å². The molecule has 0 radical (unpaired) electrons. The Bertz CT molecular complexity index is 348. The molecule has 0 saturated carbocycles. The number of hydrogen-bond acceptors (Lipinski definition) is 0. The maximum atomic E-state index is 2.48. The summed E-state index contributed by atoms with van der Waals surface area (Å²) in [6.45, 7) is 4.57. The predicted octanol–water partition coefficient (Wildman–Crippen LogP) is 7.14. The van der Waals surface area contributed by atoms with Crippen molar-refractivity contribution < 1.29 is 0 Å². The van der Waals surface area contributed by atoms with Gasteiger partial charge in [-0.3, -0.25) is 0 Å². The van der Waals surface area contributed by atoms with Gasteiger partial charge in [0.05, 0.1) is 0 Å². The van der Waals surface area contributed by atoms with Crippen LogP contribution in [-0.2, 0) is 12.8 Å². The van der Waals surface area contributed by atoms with Gasteiger partial charge in [-0.15, -0.1) is 0 Å². The lowest BCUT2D eigenvalue weighted by Crippen LogP contribution is -1.98. The summed E-state index contributed by atoms with van der Waals surface area (Å²) in [6, 6.07) is 4.87. The van der Waals surface area contributed by atoms with Crippen LogP contribution in [-0.4, -0.2) is 0 Å². The lowest BCUT2D eigenvalue weighted by Gasteiger charge is -2.12. The van der Waals surface area contributed by atoms with E-state index in [-0.39, 0.29) is 0 Å². The molecule has 1 aromatic rings. The van der Waals surface area contributed by atoms with Crippen molar-refractivity contribution in [3.63, 3.8) is 0 Å². The molecule has 0 saturated heterocycles. The molecule has 1 rings (SSSR count). The molecule has 0 aliphatic rings. The fraction of sp³-hybridized carbons (Fsp3) is 0.667. The molecule has 0 aliphatic carbocycles. The zero-order valence-electron chi connectivity index (χ0n) is 13.0. The summed E-state index contributed by atoms with van der Waals surface area (Å²) in [6.07, 6.45) is 13.4. The zero-order chi connectivity index (χ0) is 14.8. The molecule has 0 amide bonds. The Kier molecular flexibility index (Phi) is 10.6. The molecular formula is C18H28I2. The summed E-state index contributed by atoms with van der Waals surface area (Å²) in [5.41, 5.74) is 3.23. The highest BCUT2D eigenvalue weighted by Crippen LogP contribution is 2.24. The predicted molar refractivity (Wildman–Crippen MR) is 108 cm³/mol. The molecule has 1 aromatic carbocycles. The van der Waals surface area contributed by atoms with Crippen LogP contribution in [0.3, 0.4) is 0 Å². The third kappa shape index (κ3) is 7.10. The summed E-state index contributed by atoms with van der Waals surface area (Å²) in [5.74, 6) is 0. The summed E-state index contributed by atoms with van der Waals surface area (Å²) in [7, 11) is 0. The van der Waals surface area contributed by atoms with E-state index in [1.165, 1.54) is 71.3 Å². The van der Waals surface area contributed by atoms with Gasteiger partial charge < -0.3 is 0 Å². The second-order valence-electron chi connectivity index (χ2n) is 5.66. The Labute approximate surface area is 152 Å².